The molecule has 2 N–H and O–H groups in total. The van der Waals surface area contributed by atoms with E-state index in [0.29, 0.717) is 5.69 Å². The van der Waals surface area contributed by atoms with Crippen molar-refractivity contribution in [2.45, 2.75) is 39.2 Å². The summed E-state index contributed by atoms with van der Waals surface area (Å²) in [6.45, 7) is 5.75. The van der Waals surface area contributed by atoms with Crippen molar-refractivity contribution in [1.82, 2.24) is 0 Å². The lowest BCUT2D eigenvalue weighted by Gasteiger charge is -2.19. The molecule has 2 aromatic rings. The van der Waals surface area contributed by atoms with Crippen molar-refractivity contribution in [2.75, 3.05) is 28.6 Å². The quantitative estimate of drug-likeness (QED) is 0.550. The number of nitrogens with zero attached hydrogens (tertiary/aromatic N) is 2. The van der Waals surface area contributed by atoms with Crippen LogP contribution in [-0.2, 0) is 4.79 Å². The summed E-state index contributed by atoms with van der Waals surface area (Å²) in [6, 6.07) is 12.6. The molecule has 1 aliphatic rings. The SMILES string of the molecule is Cc1ccc(NC(C)CC(=O)Nc2cccc(N3CCCC3)c2)c([N+](=O)[O-])c1. The number of nitrogens with one attached hydrogen (secondary N) is 2. The summed E-state index contributed by atoms with van der Waals surface area (Å²) in [4.78, 5) is 25.6. The number of carbonyl (C=O) groups excluding carboxylic acids is 1. The number of amides is 1. The molecule has 7 heteroatoms. The van der Waals surface area contributed by atoms with Crippen molar-refractivity contribution in [3.8, 4) is 0 Å². The molecule has 0 saturated carbocycles. The fourth-order valence-corrected chi connectivity index (χ4v) is 3.48. The van der Waals surface area contributed by atoms with E-state index < -0.39 is 4.92 Å². The first-order valence-corrected chi connectivity index (χ1v) is 9.59. The monoisotopic (exact) mass is 382 g/mol. The van der Waals surface area contributed by atoms with Gasteiger partial charge in [-0.2, -0.15) is 0 Å². The summed E-state index contributed by atoms with van der Waals surface area (Å²) in [5.74, 6) is -0.131. The van der Waals surface area contributed by atoms with Gasteiger partial charge in [0.2, 0.25) is 5.91 Å². The maximum Gasteiger partial charge on any atom is 0.292 e. The van der Waals surface area contributed by atoms with E-state index in [1.54, 1.807) is 6.07 Å². The largest absolute Gasteiger partial charge is 0.377 e. The van der Waals surface area contributed by atoms with Gasteiger partial charge in [-0.1, -0.05) is 12.1 Å². The maximum atomic E-state index is 12.4. The summed E-state index contributed by atoms with van der Waals surface area (Å²) in [7, 11) is 0. The Morgan fingerprint density at radius 1 is 1.21 bits per heavy atom. The van der Waals surface area contributed by atoms with Gasteiger partial charge < -0.3 is 15.5 Å². The second kappa shape index (κ2) is 8.73. The molecule has 2 aromatic carbocycles. The van der Waals surface area contributed by atoms with Gasteiger partial charge in [0.05, 0.1) is 4.92 Å². The number of rotatable bonds is 7. The fourth-order valence-electron chi connectivity index (χ4n) is 3.48. The Morgan fingerprint density at radius 3 is 2.68 bits per heavy atom. The highest BCUT2D eigenvalue weighted by Crippen LogP contribution is 2.27. The van der Waals surface area contributed by atoms with Crippen LogP contribution in [0.25, 0.3) is 0 Å². The predicted octanol–water partition coefficient (Wildman–Crippen LogP) is 4.33. The third-order valence-electron chi connectivity index (χ3n) is 4.84. The van der Waals surface area contributed by atoms with E-state index in [0.717, 1.165) is 30.0 Å². The first kappa shape index (κ1) is 19.7. The number of nitro groups is 1. The highest BCUT2D eigenvalue weighted by Gasteiger charge is 2.18. The summed E-state index contributed by atoms with van der Waals surface area (Å²) in [6.07, 6.45) is 2.61. The molecule has 0 radical (unpaired) electrons. The van der Waals surface area contributed by atoms with Crippen LogP contribution in [0, 0.1) is 17.0 Å². The smallest absolute Gasteiger partial charge is 0.292 e. The van der Waals surface area contributed by atoms with E-state index in [4.69, 9.17) is 0 Å². The molecular weight excluding hydrogens is 356 g/mol. The van der Waals surface area contributed by atoms with Gasteiger partial charge in [0, 0.05) is 43.0 Å². The highest BCUT2D eigenvalue weighted by atomic mass is 16.6. The van der Waals surface area contributed by atoms with Gasteiger partial charge in [-0.25, -0.2) is 0 Å². The molecule has 0 spiro atoms. The van der Waals surface area contributed by atoms with Crippen molar-refractivity contribution in [1.29, 1.82) is 0 Å². The Kier molecular flexibility index (Phi) is 6.13. The molecular formula is C21H26N4O3. The van der Waals surface area contributed by atoms with E-state index in [1.807, 2.05) is 38.1 Å². The lowest BCUT2D eigenvalue weighted by atomic mass is 10.1. The molecule has 0 aromatic heterocycles. The minimum absolute atomic E-state index is 0.0190. The van der Waals surface area contributed by atoms with Crippen LogP contribution in [0.1, 0.15) is 31.7 Å². The maximum absolute atomic E-state index is 12.4. The lowest BCUT2D eigenvalue weighted by Crippen LogP contribution is -2.24. The molecule has 1 aliphatic heterocycles. The summed E-state index contributed by atoms with van der Waals surface area (Å²) in [5, 5.41) is 17.3. The molecule has 3 rings (SSSR count). The first-order valence-electron chi connectivity index (χ1n) is 9.59. The molecule has 148 valence electrons. The van der Waals surface area contributed by atoms with E-state index >= 15 is 0 Å². The number of aryl methyl sites for hydroxylation is 1. The normalized spacial score (nSPS) is 14.6. The third-order valence-corrected chi connectivity index (χ3v) is 4.84. The van der Waals surface area contributed by atoms with E-state index in [2.05, 4.69) is 21.6 Å². The Bertz CT molecular complexity index is 862. The van der Waals surface area contributed by atoms with Crippen molar-refractivity contribution < 1.29 is 9.72 Å². The van der Waals surface area contributed by atoms with Crippen LogP contribution in [0.5, 0.6) is 0 Å². The second-order valence-corrected chi connectivity index (χ2v) is 7.32. The zero-order valence-corrected chi connectivity index (χ0v) is 16.3. The van der Waals surface area contributed by atoms with Crippen LogP contribution in [-0.4, -0.2) is 30.0 Å². The Labute approximate surface area is 164 Å². The van der Waals surface area contributed by atoms with Gasteiger partial charge >= 0.3 is 0 Å². The fraction of sp³-hybridized carbons (Fsp3) is 0.381. The minimum Gasteiger partial charge on any atom is -0.377 e. The number of anilines is 3. The molecule has 1 heterocycles. The van der Waals surface area contributed by atoms with E-state index in [-0.39, 0.29) is 24.1 Å². The molecule has 0 aliphatic carbocycles. The number of benzene rings is 2. The Hall–Kier alpha value is -3.09. The van der Waals surface area contributed by atoms with E-state index in [9.17, 15) is 14.9 Å². The van der Waals surface area contributed by atoms with Gasteiger partial charge in [-0.3, -0.25) is 14.9 Å². The molecule has 1 unspecified atom stereocenters. The zero-order chi connectivity index (χ0) is 20.1. The second-order valence-electron chi connectivity index (χ2n) is 7.32. The van der Waals surface area contributed by atoms with Gasteiger partial charge in [-0.05, 0) is 56.5 Å². The number of hydrogen-bond donors (Lipinski definition) is 2. The number of nitro benzene ring substituents is 1. The van der Waals surface area contributed by atoms with Crippen LogP contribution in [0.15, 0.2) is 42.5 Å². The molecule has 1 amide bonds. The summed E-state index contributed by atoms with van der Waals surface area (Å²) >= 11 is 0. The molecule has 28 heavy (non-hydrogen) atoms. The topological polar surface area (TPSA) is 87.5 Å². The average Bonchev–Trinajstić information content (AvgIpc) is 3.18. The Balaban J connectivity index is 1.59. The highest BCUT2D eigenvalue weighted by molar-refractivity contribution is 5.92. The van der Waals surface area contributed by atoms with Crippen molar-refractivity contribution in [3.05, 3.63) is 58.1 Å². The molecule has 1 atom stereocenters. The zero-order valence-electron chi connectivity index (χ0n) is 16.3. The van der Waals surface area contributed by atoms with Crippen LogP contribution >= 0.6 is 0 Å². The van der Waals surface area contributed by atoms with Crippen molar-refractivity contribution >= 4 is 28.7 Å². The van der Waals surface area contributed by atoms with E-state index in [1.165, 1.54) is 18.9 Å². The van der Waals surface area contributed by atoms with Crippen LogP contribution < -0.4 is 15.5 Å². The van der Waals surface area contributed by atoms with Crippen LogP contribution in [0.3, 0.4) is 0 Å². The van der Waals surface area contributed by atoms with Gasteiger partial charge in [0.15, 0.2) is 0 Å². The van der Waals surface area contributed by atoms with Crippen LogP contribution in [0.4, 0.5) is 22.7 Å². The summed E-state index contributed by atoms with van der Waals surface area (Å²) in [5.41, 5.74) is 3.15. The average molecular weight is 382 g/mol. The molecule has 1 fully saturated rings. The Morgan fingerprint density at radius 2 is 1.96 bits per heavy atom. The summed E-state index contributed by atoms with van der Waals surface area (Å²) < 4.78 is 0. The van der Waals surface area contributed by atoms with Crippen molar-refractivity contribution in [3.63, 3.8) is 0 Å². The van der Waals surface area contributed by atoms with Gasteiger partial charge in [0.1, 0.15) is 5.69 Å². The predicted molar refractivity (Wildman–Crippen MR) is 112 cm³/mol. The van der Waals surface area contributed by atoms with Crippen LogP contribution in [0.2, 0.25) is 0 Å². The molecule has 1 saturated heterocycles. The minimum atomic E-state index is -0.411. The number of carbonyl (C=O) groups is 1. The van der Waals surface area contributed by atoms with Gasteiger partial charge in [0.25, 0.3) is 5.69 Å². The molecule has 0 bridgehead atoms. The standard InChI is InChI=1S/C21H26N4O3/c1-15-8-9-19(20(12-15)25(27)28)22-16(2)13-21(26)23-17-6-5-7-18(14-17)24-10-3-4-11-24/h5-9,12,14,16,22H,3-4,10-11,13H2,1-2H3,(H,23,26). The van der Waals surface area contributed by atoms with Crippen molar-refractivity contribution in [2.24, 2.45) is 0 Å². The molecule has 7 nitrogen and oxygen atoms in total. The lowest BCUT2D eigenvalue weighted by molar-refractivity contribution is -0.384. The first-order chi connectivity index (χ1) is 13.4. The van der Waals surface area contributed by atoms with Gasteiger partial charge in [-0.15, -0.1) is 0 Å². The number of hydrogen-bond acceptors (Lipinski definition) is 5. The third kappa shape index (κ3) is 5.00.